The van der Waals surface area contributed by atoms with Crippen molar-refractivity contribution in [2.75, 3.05) is 27.3 Å². The van der Waals surface area contributed by atoms with Gasteiger partial charge in [-0.1, -0.05) is 11.6 Å². The van der Waals surface area contributed by atoms with Crippen LogP contribution in [-0.4, -0.2) is 43.4 Å². The first-order chi connectivity index (χ1) is 10.1. The molecule has 0 aromatic heterocycles. The quantitative estimate of drug-likeness (QED) is 0.932. The van der Waals surface area contributed by atoms with E-state index in [1.807, 2.05) is 18.2 Å². The molecule has 1 aromatic rings. The van der Waals surface area contributed by atoms with Gasteiger partial charge in [0.1, 0.15) is 0 Å². The third-order valence-corrected chi connectivity index (χ3v) is 4.71. The molecule has 114 valence electrons. The Balaban J connectivity index is 1.97. The highest BCUT2D eigenvalue weighted by Crippen LogP contribution is 2.39. The molecule has 1 aromatic carbocycles. The highest BCUT2D eigenvalue weighted by molar-refractivity contribution is 6.32. The molecular weight excluding hydrogens is 290 g/mol. The van der Waals surface area contributed by atoms with Crippen LogP contribution in [0.4, 0.5) is 0 Å². The Morgan fingerprint density at radius 1 is 1.24 bits per heavy atom. The van der Waals surface area contributed by atoms with Crippen LogP contribution < -0.4 is 9.47 Å². The Morgan fingerprint density at radius 3 is 2.52 bits per heavy atom. The highest BCUT2D eigenvalue weighted by Gasteiger charge is 2.36. The van der Waals surface area contributed by atoms with Gasteiger partial charge >= 0.3 is 0 Å². The molecule has 3 aliphatic rings. The van der Waals surface area contributed by atoms with E-state index in [9.17, 15) is 5.11 Å². The Hall–Kier alpha value is -1.39. The normalized spacial score (nSPS) is 26.3. The number of piperidine rings is 3. The summed E-state index contributed by atoms with van der Waals surface area (Å²) >= 11 is 6.24. The van der Waals surface area contributed by atoms with Crippen molar-refractivity contribution >= 4 is 17.7 Å². The van der Waals surface area contributed by atoms with Crippen LogP contribution in [0.1, 0.15) is 18.4 Å². The second kappa shape index (κ2) is 5.78. The number of halogens is 1. The van der Waals surface area contributed by atoms with E-state index in [-0.39, 0.29) is 6.10 Å². The molecule has 0 aliphatic carbocycles. The Labute approximate surface area is 129 Å². The largest absolute Gasteiger partial charge is 0.493 e. The second-order valence-electron chi connectivity index (χ2n) is 5.58. The molecule has 1 N–H and O–H groups in total. The molecule has 0 saturated carbocycles. The third kappa shape index (κ3) is 2.58. The maximum Gasteiger partial charge on any atom is 0.179 e. The van der Waals surface area contributed by atoms with Crippen LogP contribution in [0.2, 0.25) is 5.02 Å². The summed E-state index contributed by atoms with van der Waals surface area (Å²) in [5.74, 6) is 1.52. The van der Waals surface area contributed by atoms with Crippen molar-refractivity contribution < 1.29 is 14.6 Å². The van der Waals surface area contributed by atoms with Gasteiger partial charge in [-0.15, -0.1) is 0 Å². The summed E-state index contributed by atoms with van der Waals surface area (Å²) in [5, 5.41) is 10.9. The number of hydrogen-bond donors (Lipinski definition) is 1. The summed E-state index contributed by atoms with van der Waals surface area (Å²) in [4.78, 5) is 2.26. The fraction of sp³-hybridized carbons (Fsp3) is 0.500. The SMILES string of the molecule is COc1cc(/C=C2/C(O)C3CCN2CC3)cc(Cl)c1OC. The van der Waals surface area contributed by atoms with Gasteiger partial charge in [0, 0.05) is 18.8 Å². The van der Waals surface area contributed by atoms with E-state index in [0.29, 0.717) is 22.4 Å². The zero-order valence-electron chi connectivity index (χ0n) is 12.3. The van der Waals surface area contributed by atoms with Gasteiger partial charge in [0.15, 0.2) is 11.5 Å². The molecule has 3 aliphatic heterocycles. The fourth-order valence-corrected chi connectivity index (χ4v) is 3.57. The van der Waals surface area contributed by atoms with Crippen LogP contribution in [0.3, 0.4) is 0 Å². The van der Waals surface area contributed by atoms with E-state index in [1.165, 1.54) is 0 Å². The number of benzene rings is 1. The molecular formula is C16H20ClNO3. The Morgan fingerprint density at radius 2 is 1.95 bits per heavy atom. The summed E-state index contributed by atoms with van der Waals surface area (Å²) < 4.78 is 10.6. The van der Waals surface area contributed by atoms with Crippen molar-refractivity contribution in [3.05, 3.63) is 28.4 Å². The predicted molar refractivity (Wildman–Crippen MR) is 82.8 cm³/mol. The lowest BCUT2D eigenvalue weighted by Crippen LogP contribution is -2.48. The van der Waals surface area contributed by atoms with Gasteiger partial charge in [0.05, 0.1) is 25.3 Å². The van der Waals surface area contributed by atoms with E-state index in [1.54, 1.807) is 14.2 Å². The zero-order chi connectivity index (χ0) is 15.0. The minimum absolute atomic E-state index is 0.376. The molecule has 0 amide bonds. The van der Waals surface area contributed by atoms with Crippen molar-refractivity contribution in [2.45, 2.75) is 18.9 Å². The molecule has 3 saturated heterocycles. The van der Waals surface area contributed by atoms with E-state index >= 15 is 0 Å². The number of aliphatic hydroxyl groups is 1. The first kappa shape index (κ1) is 14.5. The molecule has 4 rings (SSSR count). The molecule has 0 radical (unpaired) electrons. The summed E-state index contributed by atoms with van der Waals surface area (Å²) in [5.41, 5.74) is 1.90. The van der Waals surface area contributed by atoms with Crippen molar-refractivity contribution in [2.24, 2.45) is 5.92 Å². The zero-order valence-corrected chi connectivity index (χ0v) is 13.1. The van der Waals surface area contributed by atoms with Crippen LogP contribution in [0.15, 0.2) is 17.8 Å². The molecule has 1 atom stereocenters. The topological polar surface area (TPSA) is 41.9 Å². The minimum atomic E-state index is -0.376. The maximum absolute atomic E-state index is 10.4. The predicted octanol–water partition coefficient (Wildman–Crippen LogP) is 2.78. The van der Waals surface area contributed by atoms with Crippen molar-refractivity contribution in [1.29, 1.82) is 0 Å². The third-order valence-electron chi connectivity index (χ3n) is 4.42. The fourth-order valence-electron chi connectivity index (χ4n) is 3.27. The lowest BCUT2D eigenvalue weighted by Gasteiger charge is -2.45. The number of rotatable bonds is 3. The summed E-state index contributed by atoms with van der Waals surface area (Å²) in [6.45, 7) is 2.04. The van der Waals surface area contributed by atoms with Gasteiger partial charge in [-0.2, -0.15) is 0 Å². The average Bonchev–Trinajstić information content (AvgIpc) is 2.50. The molecule has 5 heteroatoms. The highest BCUT2D eigenvalue weighted by atomic mass is 35.5. The van der Waals surface area contributed by atoms with Crippen molar-refractivity contribution in [1.82, 2.24) is 4.90 Å². The number of ether oxygens (including phenoxy) is 2. The second-order valence-corrected chi connectivity index (χ2v) is 5.98. The smallest absolute Gasteiger partial charge is 0.179 e. The first-order valence-electron chi connectivity index (χ1n) is 7.20. The van der Waals surface area contributed by atoms with Crippen LogP contribution in [0.25, 0.3) is 6.08 Å². The molecule has 4 nitrogen and oxygen atoms in total. The van der Waals surface area contributed by atoms with Gasteiger partial charge in [-0.25, -0.2) is 0 Å². The van der Waals surface area contributed by atoms with Crippen LogP contribution in [-0.2, 0) is 0 Å². The standard InChI is InChI=1S/C16H20ClNO3/c1-20-14-9-10(7-12(17)16(14)21-2)8-13-15(19)11-3-5-18(13)6-4-11/h7-9,11,15,19H,3-6H2,1-2H3/b13-8-. The summed E-state index contributed by atoms with van der Waals surface area (Å²) in [6.07, 6.45) is 3.78. The van der Waals surface area contributed by atoms with Crippen molar-refractivity contribution in [3.8, 4) is 11.5 Å². The average molecular weight is 310 g/mol. The molecule has 3 fully saturated rings. The van der Waals surface area contributed by atoms with Crippen molar-refractivity contribution in [3.63, 3.8) is 0 Å². The van der Waals surface area contributed by atoms with Gasteiger partial charge in [-0.05, 0) is 42.5 Å². The van der Waals surface area contributed by atoms with Gasteiger partial charge < -0.3 is 19.5 Å². The number of nitrogens with zero attached hydrogens (tertiary/aromatic N) is 1. The number of methoxy groups -OCH3 is 2. The Bertz CT molecular complexity index is 561. The van der Waals surface area contributed by atoms with E-state index in [4.69, 9.17) is 21.1 Å². The number of fused-ring (bicyclic) bond motifs is 3. The molecule has 1 unspecified atom stereocenters. The minimum Gasteiger partial charge on any atom is -0.493 e. The van der Waals surface area contributed by atoms with Crippen LogP contribution in [0.5, 0.6) is 11.5 Å². The first-order valence-corrected chi connectivity index (χ1v) is 7.58. The molecule has 21 heavy (non-hydrogen) atoms. The lowest BCUT2D eigenvalue weighted by atomic mass is 9.83. The summed E-state index contributed by atoms with van der Waals surface area (Å²) in [7, 11) is 3.16. The van der Waals surface area contributed by atoms with E-state index in [2.05, 4.69) is 4.90 Å². The number of hydrogen-bond acceptors (Lipinski definition) is 4. The van der Waals surface area contributed by atoms with Crippen LogP contribution >= 0.6 is 11.6 Å². The monoisotopic (exact) mass is 309 g/mol. The molecule has 3 heterocycles. The van der Waals surface area contributed by atoms with Gasteiger partial charge in [0.2, 0.25) is 0 Å². The lowest BCUT2D eigenvalue weighted by molar-refractivity contribution is 0.0215. The van der Waals surface area contributed by atoms with Gasteiger partial charge in [0.25, 0.3) is 0 Å². The molecule has 0 spiro atoms. The van der Waals surface area contributed by atoms with E-state index < -0.39 is 0 Å². The van der Waals surface area contributed by atoms with Gasteiger partial charge in [-0.3, -0.25) is 0 Å². The van der Waals surface area contributed by atoms with E-state index in [0.717, 1.165) is 37.2 Å². The number of aliphatic hydroxyl groups excluding tert-OH is 1. The molecule has 2 bridgehead atoms. The summed E-state index contributed by atoms with van der Waals surface area (Å²) in [6, 6.07) is 3.72. The Kier molecular flexibility index (Phi) is 4.00. The van der Waals surface area contributed by atoms with Crippen LogP contribution in [0, 0.1) is 5.92 Å². The maximum atomic E-state index is 10.4.